The van der Waals surface area contributed by atoms with Gasteiger partial charge in [-0.2, -0.15) is 0 Å². The average molecular weight is 658 g/mol. The molecule has 1 aromatic heterocycles. The molecule has 0 radical (unpaired) electrons. The number of unbranched alkanes of at least 4 members (excludes halogenated alkanes) is 1. The van der Waals surface area contributed by atoms with E-state index in [1.807, 2.05) is 26.5 Å². The van der Waals surface area contributed by atoms with Crippen molar-refractivity contribution in [2.45, 2.75) is 63.6 Å². The number of amides is 2. The second-order valence-electron chi connectivity index (χ2n) is 11.2. The lowest BCUT2D eigenvalue weighted by Crippen LogP contribution is -2.57. The number of nitrogens with zero attached hydrogens (tertiary/aromatic N) is 2. The fourth-order valence-electron chi connectivity index (χ4n) is 4.33. The zero-order chi connectivity index (χ0) is 34.1. The van der Waals surface area contributed by atoms with Gasteiger partial charge in [0.1, 0.15) is 18.1 Å². The number of urea groups is 1. The number of hydrogen-bond acceptors (Lipinski definition) is 6. The number of aromatic nitrogens is 1. The summed E-state index contributed by atoms with van der Waals surface area (Å²) in [6, 6.07) is 10.0. The molecule has 250 valence electrons. The first-order valence-corrected chi connectivity index (χ1v) is 15.4. The van der Waals surface area contributed by atoms with E-state index in [0.29, 0.717) is 31.0 Å². The predicted octanol–water partition coefficient (Wildman–Crippen LogP) is 2.70. The van der Waals surface area contributed by atoms with Crippen LogP contribution in [0.15, 0.2) is 48.8 Å². The predicted molar refractivity (Wildman–Crippen MR) is 179 cm³/mol. The Morgan fingerprint density at radius 2 is 1.50 bits per heavy atom. The first kappa shape index (κ1) is 37.5. The summed E-state index contributed by atoms with van der Waals surface area (Å²) < 4.78 is 2.10. The van der Waals surface area contributed by atoms with E-state index in [9.17, 15) is 29.4 Å². The molecule has 2 atom stereocenters. The Labute approximate surface area is 274 Å². The van der Waals surface area contributed by atoms with Gasteiger partial charge in [-0.05, 0) is 68.1 Å². The van der Waals surface area contributed by atoms with Gasteiger partial charge in [0.2, 0.25) is 0 Å². The quantitative estimate of drug-likeness (QED) is 0.0670. The third-order valence-corrected chi connectivity index (χ3v) is 7.46. The van der Waals surface area contributed by atoms with Crippen molar-refractivity contribution in [1.82, 2.24) is 21.3 Å². The number of thiocarbonyl (C=S) groups is 1. The van der Waals surface area contributed by atoms with E-state index in [1.54, 1.807) is 0 Å². The van der Waals surface area contributed by atoms with Crippen molar-refractivity contribution >= 4 is 59.1 Å². The Bertz CT molecular complexity index is 1350. The summed E-state index contributed by atoms with van der Waals surface area (Å²) in [5.74, 6) is -3.90. The number of carboxylic acids is 3. The summed E-state index contributed by atoms with van der Waals surface area (Å²) in [5.41, 5.74) is 1.76. The van der Waals surface area contributed by atoms with Crippen LogP contribution in [0.3, 0.4) is 0 Å². The number of carboxylic acid groups (broad SMARTS) is 3. The van der Waals surface area contributed by atoms with E-state index in [0.717, 1.165) is 29.8 Å². The highest BCUT2D eigenvalue weighted by atomic mass is 32.1. The highest BCUT2D eigenvalue weighted by Gasteiger charge is 2.35. The Balaban J connectivity index is 1.65. The molecule has 7 N–H and O–H groups in total. The zero-order valence-corrected chi connectivity index (χ0v) is 27.3. The molecule has 0 bridgehead atoms. The van der Waals surface area contributed by atoms with Gasteiger partial charge in [-0.1, -0.05) is 24.3 Å². The second-order valence-corrected chi connectivity index (χ2v) is 11.6. The number of carbonyl (C=O) groups excluding carboxylic acids is 1. The van der Waals surface area contributed by atoms with Crippen LogP contribution in [0.5, 0.6) is 0 Å². The minimum absolute atomic E-state index is 0.0835. The molecule has 2 rings (SSSR count). The summed E-state index contributed by atoms with van der Waals surface area (Å²) >= 11 is 5.33. The molecule has 1 heterocycles. The van der Waals surface area contributed by atoms with Gasteiger partial charge in [-0.15, -0.1) is 0 Å². The summed E-state index contributed by atoms with van der Waals surface area (Å²) in [6.07, 6.45) is 9.40. The van der Waals surface area contributed by atoms with Gasteiger partial charge in [0.25, 0.3) is 0 Å². The van der Waals surface area contributed by atoms with Gasteiger partial charge in [-0.25, -0.2) is 19.0 Å². The van der Waals surface area contributed by atoms with Crippen molar-refractivity contribution in [3.8, 4) is 0 Å². The van der Waals surface area contributed by atoms with Crippen LogP contribution in [0.2, 0.25) is 0 Å². The number of anilines is 1. The molecule has 14 heteroatoms. The van der Waals surface area contributed by atoms with Crippen molar-refractivity contribution in [3.05, 3.63) is 59.9 Å². The van der Waals surface area contributed by atoms with E-state index in [-0.39, 0.29) is 12.8 Å². The van der Waals surface area contributed by atoms with Crippen LogP contribution in [-0.4, -0.2) is 83.1 Å². The maximum Gasteiger partial charge on any atom is 0.329 e. The van der Waals surface area contributed by atoms with Crippen LogP contribution < -0.4 is 30.7 Å². The Morgan fingerprint density at radius 3 is 2.04 bits per heavy atom. The molecule has 2 aromatic rings. The third kappa shape index (κ3) is 13.9. The van der Waals surface area contributed by atoms with Gasteiger partial charge < -0.3 is 41.5 Å². The summed E-state index contributed by atoms with van der Waals surface area (Å²) in [5, 5.41) is 38.8. The number of hydrogen-bond donors (Lipinski definition) is 7. The highest BCUT2D eigenvalue weighted by Crippen LogP contribution is 2.15. The fraction of sp³-hybridized carbons (Fsp3) is 0.438. The van der Waals surface area contributed by atoms with Crippen LogP contribution in [0, 0.1) is 0 Å². The summed E-state index contributed by atoms with van der Waals surface area (Å²) in [7, 11) is 4.03. The lowest BCUT2D eigenvalue weighted by Gasteiger charge is -2.27. The number of rotatable bonds is 19. The van der Waals surface area contributed by atoms with Crippen LogP contribution >= 0.6 is 12.2 Å². The number of nitrogens with one attached hydrogen (secondary N) is 4. The Hall–Kier alpha value is -4.72. The smallest absolute Gasteiger partial charge is 0.329 e. The van der Waals surface area contributed by atoms with Crippen LogP contribution in [0.25, 0.3) is 12.2 Å². The number of aliphatic carboxylic acids is 3. The van der Waals surface area contributed by atoms with Crippen LogP contribution in [0.1, 0.15) is 56.6 Å². The second kappa shape index (κ2) is 18.9. The molecule has 2 amide bonds. The monoisotopic (exact) mass is 657 g/mol. The minimum Gasteiger partial charge on any atom is -0.481 e. The van der Waals surface area contributed by atoms with Crippen molar-refractivity contribution < 1.29 is 39.1 Å². The standard InChI is InChI=1S/C32H44N6O7S/c1-32(29(43)44,36-30(45)35-26(28(41)42)13-14-27(39)40)17-4-5-18-33-31(46)34-19-6-20-38-21-15-24(16-22-38)8-7-23-9-11-25(12-10-23)37(2)3/h7-12,15-16,21-22,26H,4-6,13-14,17-20H2,1-3H3,(H6-,33,34,35,36,39,40,41,42,43,44,45,46)/p+1/t26?,32-/m0/s1. The SMILES string of the molecule is CN(C)c1ccc(/C=C/c2cc[n+](CCCNC(=S)NCCCC[C@](C)(NC(=O)NC(CCC(=O)O)C(=O)O)C(=O)O)cc2)cc1. The lowest BCUT2D eigenvalue weighted by atomic mass is 9.95. The van der Waals surface area contributed by atoms with Gasteiger partial charge in [0.15, 0.2) is 17.5 Å². The maximum atomic E-state index is 12.3. The summed E-state index contributed by atoms with van der Waals surface area (Å²) in [6.45, 7) is 3.30. The van der Waals surface area contributed by atoms with Crippen LogP contribution in [-0.2, 0) is 20.9 Å². The van der Waals surface area contributed by atoms with E-state index in [2.05, 4.69) is 79.3 Å². The fourth-order valence-corrected chi connectivity index (χ4v) is 4.53. The molecule has 46 heavy (non-hydrogen) atoms. The number of benzene rings is 1. The van der Waals surface area contributed by atoms with Crippen molar-refractivity contribution in [3.63, 3.8) is 0 Å². The Kier molecular flexibility index (Phi) is 15.4. The van der Waals surface area contributed by atoms with E-state index < -0.39 is 41.9 Å². The molecule has 0 fully saturated rings. The molecule has 0 aliphatic rings. The highest BCUT2D eigenvalue weighted by molar-refractivity contribution is 7.80. The Morgan fingerprint density at radius 1 is 0.913 bits per heavy atom. The largest absolute Gasteiger partial charge is 0.481 e. The maximum absolute atomic E-state index is 12.3. The van der Waals surface area contributed by atoms with Gasteiger partial charge in [0.05, 0.1) is 0 Å². The molecule has 0 aliphatic heterocycles. The summed E-state index contributed by atoms with van der Waals surface area (Å²) in [4.78, 5) is 48.2. The van der Waals surface area contributed by atoms with E-state index >= 15 is 0 Å². The number of carbonyl (C=O) groups is 4. The third-order valence-electron chi connectivity index (χ3n) is 7.17. The molecular formula is C32H45N6O7S+. The lowest BCUT2D eigenvalue weighted by molar-refractivity contribution is -0.697. The molecule has 0 spiro atoms. The van der Waals surface area contributed by atoms with Gasteiger partial charge in [-0.3, -0.25) is 4.79 Å². The molecule has 13 nitrogen and oxygen atoms in total. The number of pyridine rings is 1. The van der Waals surface area contributed by atoms with E-state index in [1.165, 1.54) is 6.92 Å². The number of aryl methyl sites for hydroxylation is 1. The van der Waals surface area contributed by atoms with Crippen LogP contribution in [0.4, 0.5) is 10.5 Å². The van der Waals surface area contributed by atoms with Crippen molar-refractivity contribution in [2.24, 2.45) is 0 Å². The topological polar surface area (TPSA) is 184 Å². The molecular weight excluding hydrogens is 612 g/mol. The zero-order valence-electron chi connectivity index (χ0n) is 26.5. The molecule has 0 saturated carbocycles. The minimum atomic E-state index is -1.65. The first-order chi connectivity index (χ1) is 21.8. The average Bonchev–Trinajstić information content (AvgIpc) is 3.00. The van der Waals surface area contributed by atoms with E-state index in [4.69, 9.17) is 17.3 Å². The van der Waals surface area contributed by atoms with Gasteiger partial charge >= 0.3 is 23.9 Å². The molecule has 1 aromatic carbocycles. The van der Waals surface area contributed by atoms with Crippen molar-refractivity contribution in [1.29, 1.82) is 0 Å². The molecule has 1 unspecified atom stereocenters. The molecule has 0 aliphatic carbocycles. The van der Waals surface area contributed by atoms with Crippen molar-refractivity contribution in [2.75, 3.05) is 32.1 Å². The first-order valence-electron chi connectivity index (χ1n) is 15.0. The molecule has 0 saturated heterocycles. The van der Waals surface area contributed by atoms with Gasteiger partial charge in [0, 0.05) is 57.8 Å². The normalized spacial score (nSPS) is 12.8.